The minimum atomic E-state index is -0.396. The third-order valence-electron chi connectivity index (χ3n) is 4.96. The number of pyridine rings is 1. The number of methoxy groups -OCH3 is 1. The van der Waals surface area contributed by atoms with Crippen LogP contribution in [0, 0.1) is 6.92 Å². The van der Waals surface area contributed by atoms with Gasteiger partial charge in [0.1, 0.15) is 11.4 Å². The summed E-state index contributed by atoms with van der Waals surface area (Å²) in [4.78, 5) is 26.3. The van der Waals surface area contributed by atoms with Gasteiger partial charge in [-0.05, 0) is 31.2 Å². The van der Waals surface area contributed by atoms with Gasteiger partial charge in [0, 0.05) is 23.5 Å². The van der Waals surface area contributed by atoms with E-state index < -0.39 is 5.91 Å². The number of nitrogens with two attached hydrogens (primary N) is 1. The first-order valence-electron chi connectivity index (χ1n) is 9.45. The van der Waals surface area contributed by atoms with E-state index in [0.717, 1.165) is 5.56 Å². The second-order valence-corrected chi connectivity index (χ2v) is 6.97. The van der Waals surface area contributed by atoms with Crippen LogP contribution in [0.2, 0.25) is 0 Å². The molecule has 0 saturated carbocycles. The molecule has 4 rings (SSSR count). The molecule has 0 fully saturated rings. The molecule has 3 N–H and O–H groups in total. The molecule has 0 aliphatic rings. The number of nitrogens with one attached hydrogen (secondary N) is 1. The fraction of sp³-hybridized carbons (Fsp3) is 0.0833. The molecule has 6 heteroatoms. The van der Waals surface area contributed by atoms with Crippen LogP contribution in [-0.2, 0) is 0 Å². The molecule has 0 aliphatic carbocycles. The second kappa shape index (κ2) is 7.75. The number of carbonyl (C=O) groups excluding carboxylic acids is 2. The molecule has 1 amide bonds. The van der Waals surface area contributed by atoms with Crippen LogP contribution in [0.1, 0.15) is 32.0 Å². The van der Waals surface area contributed by atoms with Gasteiger partial charge >= 0.3 is 0 Å². The first-order chi connectivity index (χ1) is 14.5. The van der Waals surface area contributed by atoms with Gasteiger partial charge in [-0.3, -0.25) is 9.59 Å². The lowest BCUT2D eigenvalue weighted by Crippen LogP contribution is -2.14. The number of benzene rings is 2. The SMILES string of the molecule is COc1cccc(NC(=O)c2c(N)c(C(=O)c3ccc(C)cc3)n3ccccc23)c1. The average molecular weight is 399 g/mol. The van der Waals surface area contributed by atoms with Crippen LogP contribution in [0.3, 0.4) is 0 Å². The summed E-state index contributed by atoms with van der Waals surface area (Å²) < 4.78 is 6.87. The highest BCUT2D eigenvalue weighted by Crippen LogP contribution is 2.29. The maximum absolute atomic E-state index is 13.2. The van der Waals surface area contributed by atoms with Gasteiger partial charge in [0.2, 0.25) is 5.78 Å². The van der Waals surface area contributed by atoms with Crippen LogP contribution in [-0.4, -0.2) is 23.2 Å². The molecule has 0 aliphatic heterocycles. The largest absolute Gasteiger partial charge is 0.497 e. The van der Waals surface area contributed by atoms with Crippen molar-refractivity contribution in [3.8, 4) is 5.75 Å². The van der Waals surface area contributed by atoms with Gasteiger partial charge in [-0.2, -0.15) is 0 Å². The molecule has 0 radical (unpaired) electrons. The van der Waals surface area contributed by atoms with Crippen LogP contribution in [0.5, 0.6) is 5.75 Å². The summed E-state index contributed by atoms with van der Waals surface area (Å²) >= 11 is 0. The highest BCUT2D eigenvalue weighted by Gasteiger charge is 2.26. The van der Waals surface area contributed by atoms with E-state index in [0.29, 0.717) is 22.5 Å². The molecule has 0 bridgehead atoms. The Kier molecular flexibility index (Phi) is 4.98. The van der Waals surface area contributed by atoms with Crippen molar-refractivity contribution in [3.05, 3.63) is 95.3 Å². The molecule has 0 atom stereocenters. The van der Waals surface area contributed by atoms with Crippen molar-refractivity contribution in [2.45, 2.75) is 6.92 Å². The van der Waals surface area contributed by atoms with Crippen molar-refractivity contribution in [2.24, 2.45) is 0 Å². The van der Waals surface area contributed by atoms with Crippen LogP contribution in [0.4, 0.5) is 11.4 Å². The van der Waals surface area contributed by atoms with Gasteiger partial charge < -0.3 is 20.2 Å². The highest BCUT2D eigenvalue weighted by atomic mass is 16.5. The van der Waals surface area contributed by atoms with Crippen molar-refractivity contribution in [1.29, 1.82) is 0 Å². The van der Waals surface area contributed by atoms with E-state index in [1.165, 1.54) is 0 Å². The Morgan fingerprint density at radius 2 is 1.77 bits per heavy atom. The standard InChI is InChI=1S/C24H21N3O3/c1-15-9-11-16(12-10-15)23(28)22-21(25)20(19-8-3-4-13-27(19)22)24(29)26-17-6-5-7-18(14-17)30-2/h3-14H,25H2,1-2H3,(H,26,29). The van der Waals surface area contributed by atoms with Gasteiger partial charge in [-0.15, -0.1) is 0 Å². The quantitative estimate of drug-likeness (QED) is 0.489. The van der Waals surface area contributed by atoms with Crippen molar-refractivity contribution in [3.63, 3.8) is 0 Å². The number of rotatable bonds is 5. The molecule has 2 heterocycles. The van der Waals surface area contributed by atoms with Crippen molar-refractivity contribution in [1.82, 2.24) is 4.40 Å². The van der Waals surface area contributed by atoms with E-state index in [2.05, 4.69) is 5.32 Å². The first-order valence-corrected chi connectivity index (χ1v) is 9.45. The summed E-state index contributed by atoms with van der Waals surface area (Å²) in [7, 11) is 1.56. The zero-order valence-corrected chi connectivity index (χ0v) is 16.7. The summed E-state index contributed by atoms with van der Waals surface area (Å²) in [6, 6.07) is 19.7. The lowest BCUT2D eigenvalue weighted by Gasteiger charge is -2.07. The Labute approximate surface area is 173 Å². The van der Waals surface area contributed by atoms with E-state index in [1.807, 2.05) is 19.1 Å². The van der Waals surface area contributed by atoms with E-state index in [4.69, 9.17) is 10.5 Å². The number of hydrogen-bond donors (Lipinski definition) is 2. The molecule has 30 heavy (non-hydrogen) atoms. The molecule has 2 aromatic heterocycles. The molecule has 0 saturated heterocycles. The summed E-state index contributed by atoms with van der Waals surface area (Å²) in [5, 5.41) is 2.84. The normalized spacial score (nSPS) is 10.7. The van der Waals surface area contributed by atoms with Gasteiger partial charge in [0.05, 0.1) is 23.9 Å². The van der Waals surface area contributed by atoms with Crippen LogP contribution in [0.25, 0.3) is 5.52 Å². The molecular weight excluding hydrogens is 378 g/mol. The van der Waals surface area contributed by atoms with Gasteiger partial charge in [0.15, 0.2) is 0 Å². The van der Waals surface area contributed by atoms with Gasteiger partial charge in [0.25, 0.3) is 5.91 Å². The number of hydrogen-bond acceptors (Lipinski definition) is 4. The summed E-state index contributed by atoms with van der Waals surface area (Å²) in [6.45, 7) is 1.95. The number of aryl methyl sites for hydroxylation is 1. The van der Waals surface area contributed by atoms with Gasteiger partial charge in [-0.25, -0.2) is 0 Å². The number of fused-ring (bicyclic) bond motifs is 1. The predicted octanol–water partition coefficient (Wildman–Crippen LogP) is 4.32. The Balaban J connectivity index is 1.79. The number of nitrogen functional groups attached to an aromatic ring is 1. The average Bonchev–Trinajstić information content (AvgIpc) is 3.05. The highest BCUT2D eigenvalue weighted by molar-refractivity contribution is 6.20. The fourth-order valence-corrected chi connectivity index (χ4v) is 3.43. The minimum Gasteiger partial charge on any atom is -0.497 e. The lowest BCUT2D eigenvalue weighted by atomic mass is 10.0. The smallest absolute Gasteiger partial charge is 0.259 e. The zero-order valence-electron chi connectivity index (χ0n) is 16.7. The molecule has 150 valence electrons. The molecule has 4 aromatic rings. The van der Waals surface area contributed by atoms with Gasteiger partial charge in [-0.1, -0.05) is 42.0 Å². The Hall–Kier alpha value is -4.06. The van der Waals surface area contributed by atoms with E-state index >= 15 is 0 Å². The number of ether oxygens (including phenoxy) is 1. The van der Waals surface area contributed by atoms with Crippen LogP contribution >= 0.6 is 0 Å². The number of ketones is 1. The number of carbonyl (C=O) groups is 2. The Morgan fingerprint density at radius 1 is 1.00 bits per heavy atom. The zero-order chi connectivity index (χ0) is 21.3. The Morgan fingerprint density at radius 3 is 2.50 bits per heavy atom. The topological polar surface area (TPSA) is 85.8 Å². The maximum atomic E-state index is 13.2. The van der Waals surface area contributed by atoms with Crippen LogP contribution < -0.4 is 15.8 Å². The number of nitrogens with zero attached hydrogens (tertiary/aromatic N) is 1. The molecule has 0 spiro atoms. The second-order valence-electron chi connectivity index (χ2n) is 6.97. The monoisotopic (exact) mass is 399 g/mol. The first kappa shape index (κ1) is 19.3. The molecule has 6 nitrogen and oxygen atoms in total. The number of anilines is 2. The van der Waals surface area contributed by atoms with Crippen molar-refractivity contribution in [2.75, 3.05) is 18.2 Å². The van der Waals surface area contributed by atoms with Crippen molar-refractivity contribution < 1.29 is 14.3 Å². The third-order valence-corrected chi connectivity index (χ3v) is 4.96. The molecule has 2 aromatic carbocycles. The molecule has 0 unspecified atom stereocenters. The minimum absolute atomic E-state index is 0.146. The van der Waals surface area contributed by atoms with Crippen molar-refractivity contribution >= 4 is 28.6 Å². The van der Waals surface area contributed by atoms with E-state index in [1.54, 1.807) is 72.3 Å². The lowest BCUT2D eigenvalue weighted by molar-refractivity contribution is 0.102. The summed E-state index contributed by atoms with van der Waals surface area (Å²) in [5.74, 6) is -0.0145. The molecular formula is C24H21N3O3. The van der Waals surface area contributed by atoms with Crippen LogP contribution in [0.15, 0.2) is 72.9 Å². The number of aromatic nitrogens is 1. The van der Waals surface area contributed by atoms with E-state index in [9.17, 15) is 9.59 Å². The third kappa shape index (κ3) is 3.39. The van der Waals surface area contributed by atoms with E-state index in [-0.39, 0.29) is 22.7 Å². The predicted molar refractivity (Wildman–Crippen MR) is 117 cm³/mol. The fourth-order valence-electron chi connectivity index (χ4n) is 3.43. The summed E-state index contributed by atoms with van der Waals surface area (Å²) in [6.07, 6.45) is 1.73. The Bertz CT molecular complexity index is 1260. The number of amides is 1. The maximum Gasteiger partial charge on any atom is 0.259 e. The summed E-state index contributed by atoms with van der Waals surface area (Å²) in [5.41, 5.74) is 9.73.